The number of anilines is 2. The second-order valence-corrected chi connectivity index (χ2v) is 7.68. The lowest BCUT2D eigenvalue weighted by molar-refractivity contribution is 0.410. The third-order valence-electron chi connectivity index (χ3n) is 4.04. The van der Waals surface area contributed by atoms with Crippen LogP contribution in [0.3, 0.4) is 0 Å². The second kappa shape index (κ2) is 6.64. The Balaban J connectivity index is 1.64. The molecule has 1 aliphatic heterocycles. The maximum absolute atomic E-state index is 11.5. The van der Waals surface area contributed by atoms with E-state index in [0.717, 1.165) is 31.9 Å². The van der Waals surface area contributed by atoms with Gasteiger partial charge in [-0.05, 0) is 24.3 Å². The fourth-order valence-corrected chi connectivity index (χ4v) is 3.28. The number of benzene rings is 1. The summed E-state index contributed by atoms with van der Waals surface area (Å²) in [6, 6.07) is 7.03. The number of aromatic nitrogens is 2. The first-order chi connectivity index (χ1) is 11.5. The van der Waals surface area contributed by atoms with Crippen molar-refractivity contribution >= 4 is 21.5 Å². The molecule has 8 heteroatoms. The van der Waals surface area contributed by atoms with Crippen LogP contribution in [0, 0.1) is 0 Å². The minimum absolute atomic E-state index is 0.344. The van der Waals surface area contributed by atoms with E-state index >= 15 is 0 Å². The van der Waals surface area contributed by atoms with Gasteiger partial charge in [-0.2, -0.15) is 0 Å². The summed E-state index contributed by atoms with van der Waals surface area (Å²) in [5, 5.41) is 0. The van der Waals surface area contributed by atoms with Crippen molar-refractivity contribution in [1.82, 2.24) is 9.97 Å². The molecule has 2 aromatic rings. The molecule has 0 amide bonds. The molecular weight excluding hydrogens is 328 g/mol. The molecule has 1 aliphatic rings. The molecule has 0 bridgehead atoms. The van der Waals surface area contributed by atoms with Crippen LogP contribution in [0.2, 0.25) is 0 Å². The quantitative estimate of drug-likeness (QED) is 0.822. The van der Waals surface area contributed by atoms with Crippen LogP contribution >= 0.6 is 0 Å². The van der Waals surface area contributed by atoms with E-state index in [9.17, 15) is 8.42 Å². The first kappa shape index (κ1) is 16.5. The lowest BCUT2D eigenvalue weighted by Crippen LogP contribution is -2.47. The van der Waals surface area contributed by atoms with E-state index in [1.807, 2.05) is 12.1 Å². The van der Waals surface area contributed by atoms with Crippen LogP contribution in [-0.4, -0.2) is 57.9 Å². The van der Waals surface area contributed by atoms with Gasteiger partial charge in [0.25, 0.3) is 0 Å². The highest BCUT2D eigenvalue weighted by Crippen LogP contribution is 2.21. The molecule has 128 valence electrons. The van der Waals surface area contributed by atoms with Gasteiger partial charge in [-0.25, -0.2) is 18.4 Å². The maximum atomic E-state index is 11.5. The highest BCUT2D eigenvalue weighted by atomic mass is 32.2. The Bertz CT molecular complexity index is 783. The van der Waals surface area contributed by atoms with Crippen LogP contribution < -0.4 is 14.5 Å². The number of hydrogen-bond acceptors (Lipinski definition) is 7. The lowest BCUT2D eigenvalue weighted by Gasteiger charge is -2.36. The molecule has 0 N–H and O–H groups in total. The highest BCUT2D eigenvalue weighted by Gasteiger charge is 2.19. The average molecular weight is 348 g/mol. The van der Waals surface area contributed by atoms with E-state index in [1.165, 1.54) is 6.26 Å². The number of hydrogen-bond donors (Lipinski definition) is 0. The fourth-order valence-electron chi connectivity index (χ4n) is 2.65. The van der Waals surface area contributed by atoms with E-state index in [0.29, 0.717) is 16.6 Å². The first-order valence-corrected chi connectivity index (χ1v) is 9.52. The third kappa shape index (κ3) is 3.59. The third-order valence-corrected chi connectivity index (χ3v) is 5.17. The summed E-state index contributed by atoms with van der Waals surface area (Å²) < 4.78 is 28.1. The van der Waals surface area contributed by atoms with Crippen LogP contribution in [0.15, 0.2) is 41.6 Å². The minimum Gasteiger partial charge on any atom is -0.494 e. The van der Waals surface area contributed by atoms with Crippen molar-refractivity contribution in [2.24, 2.45) is 0 Å². The van der Waals surface area contributed by atoms with Gasteiger partial charge in [0, 0.05) is 38.1 Å². The van der Waals surface area contributed by atoms with Gasteiger partial charge in [-0.1, -0.05) is 0 Å². The standard InChI is InChI=1S/C16H20N4O3S/c1-23-14-11-17-16(18-12-14)20-9-7-19(8-10-20)13-3-5-15(6-4-13)24(2,21)22/h3-6,11-12H,7-10H2,1-2H3. The molecule has 3 rings (SSSR count). The summed E-state index contributed by atoms with van der Waals surface area (Å²) in [7, 11) is -1.56. The average Bonchev–Trinajstić information content (AvgIpc) is 2.61. The smallest absolute Gasteiger partial charge is 0.225 e. The molecule has 7 nitrogen and oxygen atoms in total. The molecule has 0 aliphatic carbocycles. The number of rotatable bonds is 4. The Kier molecular flexibility index (Phi) is 4.57. The van der Waals surface area contributed by atoms with Crippen molar-refractivity contribution in [3.05, 3.63) is 36.7 Å². The van der Waals surface area contributed by atoms with E-state index in [-0.39, 0.29) is 0 Å². The molecule has 1 aromatic heterocycles. The molecule has 2 heterocycles. The number of ether oxygens (including phenoxy) is 1. The molecular formula is C16H20N4O3S. The summed E-state index contributed by atoms with van der Waals surface area (Å²) in [4.78, 5) is 13.3. The zero-order valence-electron chi connectivity index (χ0n) is 13.7. The lowest BCUT2D eigenvalue weighted by atomic mass is 10.2. The molecule has 1 fully saturated rings. The highest BCUT2D eigenvalue weighted by molar-refractivity contribution is 7.90. The Hall–Kier alpha value is -2.35. The monoisotopic (exact) mass is 348 g/mol. The van der Waals surface area contributed by atoms with E-state index in [1.54, 1.807) is 31.6 Å². The van der Waals surface area contributed by atoms with Crippen molar-refractivity contribution in [3.63, 3.8) is 0 Å². The zero-order chi connectivity index (χ0) is 17.2. The van der Waals surface area contributed by atoms with Crippen molar-refractivity contribution in [2.45, 2.75) is 4.90 Å². The molecule has 0 unspecified atom stereocenters. The summed E-state index contributed by atoms with van der Waals surface area (Å²) in [6.45, 7) is 3.27. The number of nitrogens with zero attached hydrogens (tertiary/aromatic N) is 4. The van der Waals surface area contributed by atoms with E-state index < -0.39 is 9.84 Å². The van der Waals surface area contributed by atoms with Gasteiger partial charge in [0.2, 0.25) is 5.95 Å². The van der Waals surface area contributed by atoms with Gasteiger partial charge >= 0.3 is 0 Å². The van der Waals surface area contributed by atoms with Crippen LogP contribution in [0.4, 0.5) is 11.6 Å². The predicted octanol–water partition coefficient (Wildman–Crippen LogP) is 1.22. The largest absolute Gasteiger partial charge is 0.494 e. The minimum atomic E-state index is -3.15. The fraction of sp³-hybridized carbons (Fsp3) is 0.375. The number of piperazine rings is 1. The number of sulfone groups is 1. The van der Waals surface area contributed by atoms with Crippen LogP contribution in [0.1, 0.15) is 0 Å². The van der Waals surface area contributed by atoms with Gasteiger partial charge in [0.05, 0.1) is 24.4 Å². The first-order valence-electron chi connectivity index (χ1n) is 7.63. The van der Waals surface area contributed by atoms with Crippen LogP contribution in [0.25, 0.3) is 0 Å². The summed E-state index contributed by atoms with van der Waals surface area (Å²) in [6.07, 6.45) is 4.55. The van der Waals surface area contributed by atoms with Crippen molar-refractivity contribution < 1.29 is 13.2 Å². The van der Waals surface area contributed by atoms with Gasteiger partial charge in [-0.3, -0.25) is 0 Å². The van der Waals surface area contributed by atoms with Crippen LogP contribution in [-0.2, 0) is 9.84 Å². The Labute approximate surface area is 141 Å². The Morgan fingerprint density at radius 3 is 2.00 bits per heavy atom. The molecule has 0 radical (unpaired) electrons. The van der Waals surface area contributed by atoms with Gasteiger partial charge < -0.3 is 14.5 Å². The second-order valence-electron chi connectivity index (χ2n) is 5.66. The van der Waals surface area contributed by atoms with Crippen LogP contribution in [0.5, 0.6) is 5.75 Å². The summed E-state index contributed by atoms with van der Waals surface area (Å²) >= 11 is 0. The molecule has 0 spiro atoms. The molecule has 0 saturated carbocycles. The van der Waals surface area contributed by atoms with Crippen molar-refractivity contribution in [2.75, 3.05) is 49.3 Å². The SMILES string of the molecule is COc1cnc(N2CCN(c3ccc(S(C)(=O)=O)cc3)CC2)nc1. The maximum Gasteiger partial charge on any atom is 0.225 e. The van der Waals surface area contributed by atoms with Gasteiger partial charge in [0.1, 0.15) is 0 Å². The van der Waals surface area contributed by atoms with Gasteiger partial charge in [0.15, 0.2) is 15.6 Å². The Morgan fingerprint density at radius 2 is 1.50 bits per heavy atom. The summed E-state index contributed by atoms with van der Waals surface area (Å²) in [5.74, 6) is 1.34. The van der Waals surface area contributed by atoms with Gasteiger partial charge in [-0.15, -0.1) is 0 Å². The normalized spacial score (nSPS) is 15.4. The van der Waals surface area contributed by atoms with Crippen molar-refractivity contribution in [1.29, 1.82) is 0 Å². The molecule has 0 atom stereocenters. The molecule has 1 saturated heterocycles. The van der Waals surface area contributed by atoms with Crippen molar-refractivity contribution in [3.8, 4) is 5.75 Å². The number of methoxy groups -OCH3 is 1. The predicted molar refractivity (Wildman–Crippen MR) is 92.6 cm³/mol. The molecule has 1 aromatic carbocycles. The van der Waals surface area contributed by atoms with E-state index in [2.05, 4.69) is 19.8 Å². The topological polar surface area (TPSA) is 75.6 Å². The molecule has 24 heavy (non-hydrogen) atoms. The summed E-state index contributed by atoms with van der Waals surface area (Å²) in [5.41, 5.74) is 1.03. The zero-order valence-corrected chi connectivity index (χ0v) is 14.5. The Morgan fingerprint density at radius 1 is 0.958 bits per heavy atom. The van der Waals surface area contributed by atoms with E-state index in [4.69, 9.17) is 4.74 Å².